The maximum Gasteiger partial charge on any atom is 0.225 e. The molecular weight excluding hydrogens is 242 g/mol. The van der Waals surface area contributed by atoms with E-state index in [0.717, 1.165) is 25.2 Å². The van der Waals surface area contributed by atoms with Crippen LogP contribution in [0.4, 0.5) is 0 Å². The Kier molecular flexibility index (Phi) is 6.89. The lowest BCUT2D eigenvalue weighted by atomic mass is 10.3. The van der Waals surface area contributed by atoms with E-state index in [9.17, 15) is 4.79 Å². The molecule has 0 saturated carbocycles. The van der Waals surface area contributed by atoms with E-state index in [4.69, 9.17) is 4.74 Å². The molecule has 1 N–H and O–H groups in total. The molecule has 0 bridgehead atoms. The monoisotopic (exact) mass is 265 g/mol. The van der Waals surface area contributed by atoms with Crippen LogP contribution in [0.3, 0.4) is 0 Å². The van der Waals surface area contributed by atoms with Crippen LogP contribution in [0, 0.1) is 0 Å². The number of nitrogens with zero attached hydrogens (tertiary/aromatic N) is 2. The van der Waals surface area contributed by atoms with Gasteiger partial charge in [-0.15, -0.1) is 0 Å². The third-order valence-electron chi connectivity index (χ3n) is 2.61. The summed E-state index contributed by atoms with van der Waals surface area (Å²) < 4.78 is 5.48. The molecule has 106 valence electrons. The quantitative estimate of drug-likeness (QED) is 0.723. The molecule has 0 aliphatic rings. The maximum atomic E-state index is 11.4. The third-order valence-corrected chi connectivity index (χ3v) is 2.61. The molecule has 0 aromatic carbocycles. The lowest BCUT2D eigenvalue weighted by Gasteiger charge is -2.11. The summed E-state index contributed by atoms with van der Waals surface area (Å²) in [6.45, 7) is 4.28. The second-order valence-corrected chi connectivity index (χ2v) is 4.55. The summed E-state index contributed by atoms with van der Waals surface area (Å²) >= 11 is 0. The highest BCUT2D eigenvalue weighted by Crippen LogP contribution is 2.09. The molecule has 5 heteroatoms. The Bertz CT molecular complexity index is 377. The standard InChI is InChI=1S/C14H23N3O2/c1-4-8-15-10-12-5-6-13(11-16-12)19-9-7-14(18)17(2)3/h5-6,11,15H,4,7-10H2,1-3H3. The molecule has 0 unspecified atom stereocenters. The fraction of sp³-hybridized carbons (Fsp3) is 0.571. The van der Waals surface area contributed by atoms with Crippen molar-refractivity contribution in [3.8, 4) is 5.75 Å². The van der Waals surface area contributed by atoms with Crippen molar-refractivity contribution in [2.24, 2.45) is 0 Å². The van der Waals surface area contributed by atoms with Crippen LogP contribution in [0.1, 0.15) is 25.5 Å². The van der Waals surface area contributed by atoms with Gasteiger partial charge in [0.15, 0.2) is 0 Å². The van der Waals surface area contributed by atoms with Gasteiger partial charge >= 0.3 is 0 Å². The van der Waals surface area contributed by atoms with Crippen LogP contribution in [0.25, 0.3) is 0 Å². The molecule has 1 rings (SSSR count). The number of pyridine rings is 1. The Balaban J connectivity index is 2.30. The van der Waals surface area contributed by atoms with Gasteiger partial charge in [0.2, 0.25) is 5.91 Å². The third kappa shape index (κ3) is 6.20. The first-order valence-corrected chi connectivity index (χ1v) is 6.62. The van der Waals surface area contributed by atoms with Crippen molar-refractivity contribution in [1.29, 1.82) is 0 Å². The van der Waals surface area contributed by atoms with E-state index in [-0.39, 0.29) is 5.91 Å². The zero-order valence-corrected chi connectivity index (χ0v) is 12.0. The van der Waals surface area contributed by atoms with Crippen LogP contribution in [0.15, 0.2) is 18.3 Å². The van der Waals surface area contributed by atoms with Gasteiger partial charge in [-0.25, -0.2) is 0 Å². The average Bonchev–Trinajstić information content (AvgIpc) is 2.40. The van der Waals surface area contributed by atoms with Gasteiger partial charge in [-0.1, -0.05) is 6.92 Å². The second-order valence-electron chi connectivity index (χ2n) is 4.55. The first-order chi connectivity index (χ1) is 9.13. The highest BCUT2D eigenvalue weighted by Gasteiger charge is 2.04. The van der Waals surface area contributed by atoms with Crippen LogP contribution >= 0.6 is 0 Å². The van der Waals surface area contributed by atoms with Crippen LogP contribution in [0.2, 0.25) is 0 Å². The smallest absolute Gasteiger partial charge is 0.225 e. The lowest BCUT2D eigenvalue weighted by molar-refractivity contribution is -0.129. The number of carbonyl (C=O) groups is 1. The molecule has 5 nitrogen and oxygen atoms in total. The van der Waals surface area contributed by atoms with Gasteiger partial charge in [0.25, 0.3) is 0 Å². The van der Waals surface area contributed by atoms with Gasteiger partial charge in [-0.2, -0.15) is 0 Å². The van der Waals surface area contributed by atoms with Crippen molar-refractivity contribution in [3.05, 3.63) is 24.0 Å². The van der Waals surface area contributed by atoms with Crippen molar-refractivity contribution in [2.75, 3.05) is 27.2 Å². The number of hydrogen-bond donors (Lipinski definition) is 1. The molecule has 1 aromatic heterocycles. The number of nitrogens with one attached hydrogen (secondary N) is 1. The fourth-order valence-corrected chi connectivity index (χ4v) is 1.47. The Morgan fingerprint density at radius 3 is 2.79 bits per heavy atom. The van der Waals surface area contributed by atoms with Gasteiger partial charge in [-0.3, -0.25) is 9.78 Å². The number of rotatable bonds is 8. The molecule has 0 aliphatic carbocycles. The average molecular weight is 265 g/mol. The van der Waals surface area contributed by atoms with Crippen molar-refractivity contribution >= 4 is 5.91 Å². The van der Waals surface area contributed by atoms with E-state index in [0.29, 0.717) is 18.8 Å². The van der Waals surface area contributed by atoms with E-state index in [1.165, 1.54) is 0 Å². The minimum atomic E-state index is 0.0633. The van der Waals surface area contributed by atoms with Gasteiger partial charge in [-0.05, 0) is 25.1 Å². The molecule has 1 heterocycles. The van der Waals surface area contributed by atoms with Crippen molar-refractivity contribution < 1.29 is 9.53 Å². The molecule has 0 aliphatic heterocycles. The van der Waals surface area contributed by atoms with Crippen molar-refractivity contribution in [3.63, 3.8) is 0 Å². The van der Waals surface area contributed by atoms with Crippen molar-refractivity contribution in [1.82, 2.24) is 15.2 Å². The van der Waals surface area contributed by atoms with Gasteiger partial charge in [0.1, 0.15) is 5.75 Å². The Hall–Kier alpha value is -1.62. The SMILES string of the molecule is CCCNCc1ccc(OCCC(=O)N(C)C)cn1. The molecule has 1 aromatic rings. The largest absolute Gasteiger partial charge is 0.491 e. The minimum absolute atomic E-state index is 0.0633. The van der Waals surface area contributed by atoms with E-state index in [1.807, 2.05) is 12.1 Å². The van der Waals surface area contributed by atoms with Gasteiger partial charge < -0.3 is 15.0 Å². The van der Waals surface area contributed by atoms with Gasteiger partial charge in [0.05, 0.1) is 24.9 Å². The fourth-order valence-electron chi connectivity index (χ4n) is 1.47. The zero-order valence-electron chi connectivity index (χ0n) is 12.0. The summed E-state index contributed by atoms with van der Waals surface area (Å²) in [5.41, 5.74) is 0.991. The van der Waals surface area contributed by atoms with E-state index < -0.39 is 0 Å². The summed E-state index contributed by atoms with van der Waals surface area (Å²) in [4.78, 5) is 17.2. The normalized spacial score (nSPS) is 10.3. The molecule has 0 radical (unpaired) electrons. The predicted molar refractivity (Wildman–Crippen MR) is 75.0 cm³/mol. The number of amides is 1. The molecular formula is C14H23N3O2. The molecule has 0 fully saturated rings. The molecule has 0 saturated heterocycles. The number of ether oxygens (including phenoxy) is 1. The summed E-state index contributed by atoms with van der Waals surface area (Å²) in [5.74, 6) is 0.763. The van der Waals surface area contributed by atoms with E-state index in [1.54, 1.807) is 25.2 Å². The van der Waals surface area contributed by atoms with E-state index in [2.05, 4.69) is 17.2 Å². The first kappa shape index (κ1) is 15.4. The van der Waals surface area contributed by atoms with Crippen LogP contribution in [0.5, 0.6) is 5.75 Å². The Labute approximate surface area is 115 Å². The number of carbonyl (C=O) groups excluding carboxylic acids is 1. The number of aromatic nitrogens is 1. The van der Waals surface area contributed by atoms with Crippen LogP contribution < -0.4 is 10.1 Å². The lowest BCUT2D eigenvalue weighted by Crippen LogP contribution is -2.23. The molecule has 1 amide bonds. The highest BCUT2D eigenvalue weighted by molar-refractivity contribution is 5.75. The van der Waals surface area contributed by atoms with Gasteiger partial charge in [0, 0.05) is 20.6 Å². The summed E-state index contributed by atoms with van der Waals surface area (Å²) in [5, 5.41) is 3.29. The maximum absolute atomic E-state index is 11.4. The Morgan fingerprint density at radius 1 is 1.42 bits per heavy atom. The van der Waals surface area contributed by atoms with Crippen LogP contribution in [-0.2, 0) is 11.3 Å². The number of hydrogen-bond acceptors (Lipinski definition) is 4. The second kappa shape index (κ2) is 8.48. The molecule has 0 atom stereocenters. The van der Waals surface area contributed by atoms with Crippen molar-refractivity contribution in [2.45, 2.75) is 26.3 Å². The topological polar surface area (TPSA) is 54.5 Å². The highest BCUT2D eigenvalue weighted by atomic mass is 16.5. The Morgan fingerprint density at radius 2 is 2.21 bits per heavy atom. The molecule has 0 spiro atoms. The summed E-state index contributed by atoms with van der Waals surface area (Å²) in [6, 6.07) is 3.82. The summed E-state index contributed by atoms with van der Waals surface area (Å²) in [6.07, 6.45) is 3.19. The zero-order chi connectivity index (χ0) is 14.1. The minimum Gasteiger partial charge on any atom is -0.491 e. The first-order valence-electron chi connectivity index (χ1n) is 6.62. The van der Waals surface area contributed by atoms with Crippen LogP contribution in [-0.4, -0.2) is 43.0 Å². The molecule has 19 heavy (non-hydrogen) atoms. The predicted octanol–water partition coefficient (Wildman–Crippen LogP) is 1.44. The summed E-state index contributed by atoms with van der Waals surface area (Å²) in [7, 11) is 3.48. The van der Waals surface area contributed by atoms with E-state index >= 15 is 0 Å².